The lowest BCUT2D eigenvalue weighted by Crippen LogP contribution is -2.38. The van der Waals surface area contributed by atoms with Crippen molar-refractivity contribution in [3.8, 4) is 10.9 Å². The van der Waals surface area contributed by atoms with Crippen LogP contribution in [0, 0.1) is 5.82 Å². The largest absolute Gasteiger partial charge is 0.426 e. The fraction of sp³-hybridized carbons (Fsp3) is 0.300. The number of benzene rings is 2. The Labute approximate surface area is 184 Å². The topological polar surface area (TPSA) is 63.2 Å². The van der Waals surface area contributed by atoms with Crippen molar-refractivity contribution in [2.45, 2.75) is 32.4 Å². The zero-order chi connectivity index (χ0) is 20.1. The third kappa shape index (κ3) is 5.57. The number of para-hydroxylation sites is 1. The van der Waals surface area contributed by atoms with E-state index >= 15 is 4.39 Å². The molecular formula is C20H22Cl2FN3O2S. The molecule has 0 aliphatic carbocycles. The summed E-state index contributed by atoms with van der Waals surface area (Å²) in [5.41, 5.74) is 1.25. The van der Waals surface area contributed by atoms with E-state index in [4.69, 9.17) is 16.3 Å². The van der Waals surface area contributed by atoms with Crippen LogP contribution >= 0.6 is 35.3 Å². The second-order valence-corrected chi connectivity index (χ2v) is 7.78. The van der Waals surface area contributed by atoms with Crippen LogP contribution in [0.3, 0.4) is 0 Å². The number of carbonyl (C=O) groups excluding carboxylic acids is 1. The van der Waals surface area contributed by atoms with Gasteiger partial charge in [0.05, 0.1) is 15.2 Å². The molecule has 3 rings (SSSR count). The van der Waals surface area contributed by atoms with E-state index in [1.54, 1.807) is 12.1 Å². The van der Waals surface area contributed by atoms with Crippen molar-refractivity contribution in [3.05, 3.63) is 52.8 Å². The van der Waals surface area contributed by atoms with Crippen LogP contribution in [0.25, 0.3) is 10.2 Å². The Bertz CT molecular complexity index is 937. The molecule has 1 heterocycles. The van der Waals surface area contributed by atoms with Crippen LogP contribution in [0.1, 0.15) is 31.9 Å². The van der Waals surface area contributed by atoms with Crippen molar-refractivity contribution in [2.75, 3.05) is 6.54 Å². The molecule has 0 saturated heterocycles. The van der Waals surface area contributed by atoms with Crippen molar-refractivity contribution in [2.24, 2.45) is 0 Å². The maximum Gasteiger partial charge on any atom is 0.279 e. The van der Waals surface area contributed by atoms with E-state index in [0.29, 0.717) is 30.1 Å². The van der Waals surface area contributed by atoms with Crippen LogP contribution in [-0.2, 0) is 4.79 Å². The third-order valence-corrected chi connectivity index (χ3v) is 5.53. The molecule has 2 N–H and O–H groups in total. The van der Waals surface area contributed by atoms with Crippen LogP contribution in [0.2, 0.25) is 5.02 Å². The van der Waals surface area contributed by atoms with Crippen molar-refractivity contribution in [1.82, 2.24) is 15.6 Å². The molecule has 0 aliphatic rings. The predicted molar refractivity (Wildman–Crippen MR) is 118 cm³/mol. The summed E-state index contributed by atoms with van der Waals surface area (Å²) in [7, 11) is 0. The average Bonchev–Trinajstić information content (AvgIpc) is 3.10. The Morgan fingerprint density at radius 3 is 2.76 bits per heavy atom. The van der Waals surface area contributed by atoms with Crippen molar-refractivity contribution in [3.63, 3.8) is 0 Å². The summed E-state index contributed by atoms with van der Waals surface area (Å²) < 4.78 is 22.0. The van der Waals surface area contributed by atoms with Crippen molar-refractivity contribution < 1.29 is 13.9 Å². The molecule has 2 aromatic carbocycles. The summed E-state index contributed by atoms with van der Waals surface area (Å²) in [6.45, 7) is 4.33. The second-order valence-electron chi connectivity index (χ2n) is 6.38. The monoisotopic (exact) mass is 457 g/mol. The summed E-state index contributed by atoms with van der Waals surface area (Å²) >= 11 is 7.55. The number of thiazole rings is 1. The fourth-order valence-electron chi connectivity index (χ4n) is 2.95. The van der Waals surface area contributed by atoms with Gasteiger partial charge in [-0.25, -0.2) is 9.37 Å². The van der Waals surface area contributed by atoms with Crippen LogP contribution in [-0.4, -0.2) is 24.0 Å². The summed E-state index contributed by atoms with van der Waals surface area (Å²) in [6, 6.07) is 10.6. The Kier molecular flexibility index (Phi) is 8.64. The van der Waals surface area contributed by atoms with Crippen LogP contribution in [0.4, 0.5) is 4.39 Å². The van der Waals surface area contributed by atoms with Gasteiger partial charge in [-0.05, 0) is 31.5 Å². The molecule has 1 aromatic heterocycles. The molecular weight excluding hydrogens is 436 g/mol. The minimum Gasteiger partial charge on any atom is -0.426 e. The maximum atomic E-state index is 15.3. The minimum atomic E-state index is -0.512. The quantitative estimate of drug-likeness (QED) is 0.417. The molecule has 1 amide bonds. The van der Waals surface area contributed by atoms with Gasteiger partial charge in [0.1, 0.15) is 0 Å². The number of ether oxygens (including phenoxy) is 1. The van der Waals surface area contributed by atoms with E-state index in [2.05, 4.69) is 15.6 Å². The predicted octanol–water partition coefficient (Wildman–Crippen LogP) is 5.48. The first-order valence-electron chi connectivity index (χ1n) is 8.97. The first-order chi connectivity index (χ1) is 13.5. The number of amides is 1. The summed E-state index contributed by atoms with van der Waals surface area (Å²) in [6.07, 6.45) is 1.30. The van der Waals surface area contributed by atoms with Gasteiger partial charge in [-0.1, -0.05) is 48.1 Å². The molecule has 3 aromatic rings. The van der Waals surface area contributed by atoms with Gasteiger partial charge >= 0.3 is 0 Å². The number of carbonyl (C=O) groups is 1. The Morgan fingerprint density at radius 1 is 1.31 bits per heavy atom. The van der Waals surface area contributed by atoms with Crippen LogP contribution < -0.4 is 15.4 Å². The first kappa shape index (κ1) is 23.3. The van der Waals surface area contributed by atoms with Crippen LogP contribution in [0.5, 0.6) is 10.9 Å². The zero-order valence-corrected chi connectivity index (χ0v) is 18.3. The Morgan fingerprint density at radius 2 is 2.07 bits per heavy atom. The second kappa shape index (κ2) is 10.7. The molecule has 0 aliphatic heterocycles. The molecule has 0 radical (unpaired) electrons. The SMILES string of the molecule is CC[C@@H](N[C@@H](C)CNC=O)c1ccc(Cl)c(Oc2nc3ccccc3s2)c1F.Cl. The third-order valence-electron chi connectivity index (χ3n) is 4.32. The lowest BCUT2D eigenvalue weighted by Gasteiger charge is -2.23. The van der Waals surface area contributed by atoms with E-state index < -0.39 is 5.82 Å². The molecule has 29 heavy (non-hydrogen) atoms. The van der Waals surface area contributed by atoms with E-state index in [1.807, 2.05) is 38.1 Å². The van der Waals surface area contributed by atoms with Gasteiger partial charge in [0, 0.05) is 24.2 Å². The Hall–Kier alpha value is -1.93. The molecule has 0 fully saturated rings. The lowest BCUT2D eigenvalue weighted by molar-refractivity contribution is -0.109. The highest BCUT2D eigenvalue weighted by Gasteiger charge is 2.22. The molecule has 156 valence electrons. The van der Waals surface area contributed by atoms with E-state index in [-0.39, 0.29) is 35.3 Å². The average molecular weight is 458 g/mol. The van der Waals surface area contributed by atoms with Gasteiger partial charge in [-0.3, -0.25) is 4.79 Å². The van der Waals surface area contributed by atoms with Gasteiger partial charge in [0.2, 0.25) is 6.41 Å². The highest BCUT2D eigenvalue weighted by atomic mass is 35.5. The maximum absolute atomic E-state index is 15.3. The van der Waals surface area contributed by atoms with Gasteiger partial charge in [0.15, 0.2) is 11.6 Å². The highest BCUT2D eigenvalue weighted by molar-refractivity contribution is 7.20. The summed E-state index contributed by atoms with van der Waals surface area (Å²) in [4.78, 5) is 14.9. The van der Waals surface area contributed by atoms with Gasteiger partial charge < -0.3 is 15.4 Å². The minimum absolute atomic E-state index is 0. The number of halogens is 3. The van der Waals surface area contributed by atoms with Gasteiger partial charge in [-0.15, -0.1) is 12.4 Å². The molecule has 0 spiro atoms. The molecule has 0 bridgehead atoms. The molecule has 0 unspecified atom stereocenters. The fourth-order valence-corrected chi connectivity index (χ4v) is 3.95. The number of hydrogen-bond acceptors (Lipinski definition) is 5. The normalized spacial score (nSPS) is 12.8. The van der Waals surface area contributed by atoms with E-state index in [9.17, 15) is 4.79 Å². The van der Waals surface area contributed by atoms with Gasteiger partial charge in [-0.2, -0.15) is 0 Å². The number of aromatic nitrogens is 1. The number of rotatable bonds is 9. The van der Waals surface area contributed by atoms with Crippen LogP contribution in [0.15, 0.2) is 36.4 Å². The molecule has 2 atom stereocenters. The Balaban J connectivity index is 0.00000300. The smallest absolute Gasteiger partial charge is 0.279 e. The molecule has 5 nitrogen and oxygen atoms in total. The number of nitrogens with one attached hydrogen (secondary N) is 2. The zero-order valence-electron chi connectivity index (χ0n) is 15.9. The van der Waals surface area contributed by atoms with Crippen molar-refractivity contribution >= 4 is 52.0 Å². The van der Waals surface area contributed by atoms with Crippen molar-refractivity contribution in [1.29, 1.82) is 0 Å². The molecule has 0 saturated carbocycles. The summed E-state index contributed by atoms with van der Waals surface area (Å²) in [5, 5.41) is 6.46. The standard InChI is InChI=1S/C20H21ClFN3O2S.ClH/c1-3-15(24-12(2)10-23-11-26)13-8-9-14(21)19(18(13)22)27-20-25-16-6-4-5-7-17(16)28-20;/h4-9,11-12,15,24H,3,10H2,1-2H3,(H,23,26);1H/t12-,15+;/m0./s1. The van der Waals surface area contributed by atoms with Gasteiger partial charge in [0.25, 0.3) is 5.19 Å². The highest BCUT2D eigenvalue weighted by Crippen LogP contribution is 2.38. The number of nitrogens with zero attached hydrogens (tertiary/aromatic N) is 1. The number of fused-ring (bicyclic) bond motifs is 1. The molecule has 9 heteroatoms. The number of hydrogen-bond donors (Lipinski definition) is 2. The van der Waals surface area contributed by atoms with E-state index in [0.717, 1.165) is 10.2 Å². The summed E-state index contributed by atoms with van der Waals surface area (Å²) in [5.74, 6) is -0.543. The lowest BCUT2D eigenvalue weighted by atomic mass is 10.0. The first-order valence-corrected chi connectivity index (χ1v) is 10.2. The van der Waals surface area contributed by atoms with E-state index in [1.165, 1.54) is 11.3 Å².